The average Bonchev–Trinajstić information content (AvgIpc) is 2.52. The first-order valence-electron chi connectivity index (χ1n) is 3.33. The van der Waals surface area contributed by atoms with Crippen molar-refractivity contribution >= 4 is 5.57 Å². The van der Waals surface area contributed by atoms with E-state index in [0.29, 0.717) is 0 Å². The van der Waals surface area contributed by atoms with E-state index in [4.69, 9.17) is 0 Å². The van der Waals surface area contributed by atoms with Crippen molar-refractivity contribution in [2.45, 2.75) is 0 Å². The first-order valence-corrected chi connectivity index (χ1v) is 3.33. The lowest BCUT2D eigenvalue weighted by Gasteiger charge is -1.92. The number of nitrogens with one attached hydrogen (secondary N) is 1. The summed E-state index contributed by atoms with van der Waals surface area (Å²) in [5.41, 5.74) is 0.949. The molecule has 11 heavy (non-hydrogen) atoms. The Morgan fingerprint density at radius 3 is 2.82 bits per heavy atom. The third-order valence-electron chi connectivity index (χ3n) is 1.29. The Morgan fingerprint density at radius 2 is 2.36 bits per heavy atom. The molecule has 1 aromatic heterocycles. The van der Waals surface area contributed by atoms with Crippen LogP contribution in [0.25, 0.3) is 5.57 Å². The highest BCUT2D eigenvalue weighted by atomic mass is 14.9. The van der Waals surface area contributed by atoms with Gasteiger partial charge in [0.1, 0.15) is 5.82 Å². The van der Waals surface area contributed by atoms with Crippen LogP contribution in [0.1, 0.15) is 5.82 Å². The van der Waals surface area contributed by atoms with Crippen LogP contribution in [0, 0.1) is 0 Å². The van der Waals surface area contributed by atoms with Gasteiger partial charge >= 0.3 is 0 Å². The van der Waals surface area contributed by atoms with Crippen LogP contribution in [-0.4, -0.2) is 9.97 Å². The Bertz CT molecular complexity index is 268. The second-order valence-electron chi connectivity index (χ2n) is 2.00. The molecule has 1 rings (SSSR count). The Labute approximate surface area is 66.0 Å². The molecule has 0 aliphatic heterocycles. The second kappa shape index (κ2) is 3.56. The Morgan fingerprint density at radius 1 is 1.55 bits per heavy atom. The van der Waals surface area contributed by atoms with Crippen LogP contribution in [0.3, 0.4) is 0 Å². The quantitative estimate of drug-likeness (QED) is 0.650. The van der Waals surface area contributed by atoms with Gasteiger partial charge in [-0.05, 0) is 0 Å². The van der Waals surface area contributed by atoms with E-state index in [0.717, 1.165) is 11.4 Å². The van der Waals surface area contributed by atoms with Crippen LogP contribution in [0.2, 0.25) is 0 Å². The largest absolute Gasteiger partial charge is 0.345 e. The number of aromatic nitrogens is 2. The van der Waals surface area contributed by atoms with Crippen molar-refractivity contribution in [3.63, 3.8) is 0 Å². The molecule has 2 heteroatoms. The number of rotatable bonds is 3. The van der Waals surface area contributed by atoms with E-state index in [1.807, 2.05) is 6.08 Å². The highest BCUT2D eigenvalue weighted by Gasteiger charge is 1.95. The molecule has 1 N–H and O–H groups in total. The first kappa shape index (κ1) is 7.54. The average molecular weight is 146 g/mol. The van der Waals surface area contributed by atoms with Gasteiger partial charge in [0.25, 0.3) is 0 Å². The highest BCUT2D eigenvalue weighted by molar-refractivity contribution is 5.69. The van der Waals surface area contributed by atoms with Crippen molar-refractivity contribution in [1.29, 1.82) is 0 Å². The van der Waals surface area contributed by atoms with Crippen molar-refractivity contribution in [2.24, 2.45) is 0 Å². The summed E-state index contributed by atoms with van der Waals surface area (Å²) in [5.74, 6) is 0.819. The molecule has 0 bridgehead atoms. The van der Waals surface area contributed by atoms with E-state index >= 15 is 0 Å². The summed E-state index contributed by atoms with van der Waals surface area (Å²) in [7, 11) is 0. The normalized spacial score (nSPS) is 11.1. The van der Waals surface area contributed by atoms with Crippen LogP contribution >= 0.6 is 0 Å². The molecule has 0 aliphatic carbocycles. The molecule has 1 aromatic rings. The highest BCUT2D eigenvalue weighted by Crippen LogP contribution is 2.08. The summed E-state index contributed by atoms with van der Waals surface area (Å²) in [5, 5.41) is 0. The maximum absolute atomic E-state index is 4.06. The monoisotopic (exact) mass is 146 g/mol. The lowest BCUT2D eigenvalue weighted by molar-refractivity contribution is 1.25. The predicted octanol–water partition coefficient (Wildman–Crippen LogP) is 2.17. The van der Waals surface area contributed by atoms with E-state index in [2.05, 4.69) is 23.1 Å². The maximum Gasteiger partial charge on any atom is 0.137 e. The van der Waals surface area contributed by atoms with Gasteiger partial charge in [-0.3, -0.25) is 0 Å². The summed E-state index contributed by atoms with van der Waals surface area (Å²) in [6.07, 6.45) is 8.78. The van der Waals surface area contributed by atoms with Gasteiger partial charge in [0.05, 0.1) is 0 Å². The number of aromatic amines is 1. The Balaban J connectivity index is 2.97. The molecular weight excluding hydrogens is 136 g/mol. The minimum Gasteiger partial charge on any atom is -0.345 e. The van der Waals surface area contributed by atoms with Gasteiger partial charge in [-0.15, -0.1) is 0 Å². The van der Waals surface area contributed by atoms with E-state index in [9.17, 15) is 0 Å². The fourth-order valence-corrected chi connectivity index (χ4v) is 0.794. The van der Waals surface area contributed by atoms with E-state index in [1.54, 1.807) is 24.5 Å². The van der Waals surface area contributed by atoms with E-state index in [1.165, 1.54) is 0 Å². The summed E-state index contributed by atoms with van der Waals surface area (Å²) in [4.78, 5) is 7.04. The lowest BCUT2D eigenvalue weighted by atomic mass is 10.2. The molecule has 1 heterocycles. The minimum absolute atomic E-state index is 0.819. The Hall–Kier alpha value is -1.57. The van der Waals surface area contributed by atoms with Crippen LogP contribution < -0.4 is 0 Å². The standard InChI is InChI=1S/C9H10N2/c1-3-5-8(4-2)9-10-6-7-11-9/h3-7H,1-2H2,(H,10,11)/b8-5+. The van der Waals surface area contributed by atoms with Crippen LogP contribution in [0.4, 0.5) is 0 Å². The number of hydrogen-bond acceptors (Lipinski definition) is 1. The Kier molecular flexibility index (Phi) is 2.44. The fraction of sp³-hybridized carbons (Fsp3) is 0. The van der Waals surface area contributed by atoms with Crippen LogP contribution in [-0.2, 0) is 0 Å². The lowest BCUT2D eigenvalue weighted by Crippen LogP contribution is -1.81. The molecule has 56 valence electrons. The zero-order chi connectivity index (χ0) is 8.10. The smallest absolute Gasteiger partial charge is 0.137 e. The van der Waals surface area contributed by atoms with Crippen LogP contribution in [0.15, 0.2) is 43.8 Å². The predicted molar refractivity (Wildman–Crippen MR) is 47.0 cm³/mol. The molecule has 0 aliphatic rings. The summed E-state index contributed by atoms with van der Waals surface area (Å²) in [6, 6.07) is 0. The van der Waals surface area contributed by atoms with E-state index in [-0.39, 0.29) is 0 Å². The summed E-state index contributed by atoms with van der Waals surface area (Å²) < 4.78 is 0. The number of hydrogen-bond donors (Lipinski definition) is 1. The molecule has 0 aromatic carbocycles. The van der Waals surface area contributed by atoms with E-state index < -0.39 is 0 Å². The third kappa shape index (κ3) is 1.67. The SMILES string of the molecule is C=C/C=C(\C=C)c1ncc[nH]1. The second-order valence-corrected chi connectivity index (χ2v) is 2.00. The zero-order valence-electron chi connectivity index (χ0n) is 6.25. The van der Waals surface area contributed by atoms with Crippen molar-refractivity contribution in [1.82, 2.24) is 9.97 Å². The minimum atomic E-state index is 0.819. The van der Waals surface area contributed by atoms with Crippen molar-refractivity contribution in [2.75, 3.05) is 0 Å². The first-order chi connectivity index (χ1) is 5.38. The van der Waals surface area contributed by atoms with Gasteiger partial charge in [-0.2, -0.15) is 0 Å². The topological polar surface area (TPSA) is 28.7 Å². The molecular formula is C9H10N2. The number of allylic oxidation sites excluding steroid dienone is 4. The van der Waals surface area contributed by atoms with Crippen molar-refractivity contribution in [3.05, 3.63) is 49.6 Å². The van der Waals surface area contributed by atoms with Gasteiger partial charge in [0.2, 0.25) is 0 Å². The van der Waals surface area contributed by atoms with Crippen molar-refractivity contribution < 1.29 is 0 Å². The number of H-pyrrole nitrogens is 1. The number of imidazole rings is 1. The molecule has 0 unspecified atom stereocenters. The van der Waals surface area contributed by atoms with Gasteiger partial charge in [0.15, 0.2) is 0 Å². The van der Waals surface area contributed by atoms with Gasteiger partial charge < -0.3 is 4.98 Å². The molecule has 0 spiro atoms. The molecule has 0 fully saturated rings. The van der Waals surface area contributed by atoms with Crippen LogP contribution in [0.5, 0.6) is 0 Å². The van der Waals surface area contributed by atoms with Gasteiger partial charge in [-0.25, -0.2) is 4.98 Å². The summed E-state index contributed by atoms with van der Waals surface area (Å²) >= 11 is 0. The number of nitrogens with zero attached hydrogens (tertiary/aromatic N) is 1. The third-order valence-corrected chi connectivity index (χ3v) is 1.29. The molecule has 0 radical (unpaired) electrons. The zero-order valence-corrected chi connectivity index (χ0v) is 6.25. The van der Waals surface area contributed by atoms with Gasteiger partial charge in [-0.1, -0.05) is 31.4 Å². The fourth-order valence-electron chi connectivity index (χ4n) is 0.794. The molecule has 0 saturated carbocycles. The molecule has 0 saturated heterocycles. The molecule has 0 atom stereocenters. The van der Waals surface area contributed by atoms with Gasteiger partial charge in [0, 0.05) is 18.0 Å². The molecule has 0 amide bonds. The summed E-state index contributed by atoms with van der Waals surface area (Å²) in [6.45, 7) is 7.25. The maximum atomic E-state index is 4.06. The van der Waals surface area contributed by atoms with Crippen molar-refractivity contribution in [3.8, 4) is 0 Å². The molecule has 2 nitrogen and oxygen atoms in total.